The molecule has 0 saturated carbocycles. The molecule has 0 aromatic carbocycles. The summed E-state index contributed by atoms with van der Waals surface area (Å²) >= 11 is 0. The molecule has 0 radical (unpaired) electrons. The molecule has 0 spiro atoms. The zero-order chi connectivity index (χ0) is 10.6. The lowest BCUT2D eigenvalue weighted by molar-refractivity contribution is -0.137. The smallest absolute Gasteiger partial charge is 0.303 e. The molecule has 0 amide bonds. The number of nitrogens with zero attached hydrogens (tertiary/aromatic N) is 1. The van der Waals surface area contributed by atoms with Crippen molar-refractivity contribution in [1.82, 2.24) is 4.90 Å². The number of likely N-dealkylation sites (tertiary alicyclic amines) is 1. The van der Waals surface area contributed by atoms with Crippen LogP contribution in [0.1, 0.15) is 46.0 Å². The summed E-state index contributed by atoms with van der Waals surface area (Å²) in [4.78, 5) is 12.9. The largest absolute Gasteiger partial charge is 0.481 e. The van der Waals surface area contributed by atoms with E-state index in [-0.39, 0.29) is 0 Å². The van der Waals surface area contributed by atoms with Crippen LogP contribution >= 0.6 is 0 Å². The van der Waals surface area contributed by atoms with Gasteiger partial charge < -0.3 is 5.11 Å². The Labute approximate surface area is 86.1 Å². The number of hydrogen-bond acceptors (Lipinski definition) is 2. The summed E-state index contributed by atoms with van der Waals surface area (Å²) < 4.78 is 0. The summed E-state index contributed by atoms with van der Waals surface area (Å²) in [6.45, 7) is 5.53. The molecule has 1 rings (SSSR count). The van der Waals surface area contributed by atoms with Crippen molar-refractivity contribution in [3.8, 4) is 0 Å². The van der Waals surface area contributed by atoms with Gasteiger partial charge in [-0.2, -0.15) is 0 Å². The van der Waals surface area contributed by atoms with E-state index in [2.05, 4.69) is 18.7 Å². The first-order valence-electron chi connectivity index (χ1n) is 5.59. The molecule has 1 fully saturated rings. The van der Waals surface area contributed by atoms with Gasteiger partial charge in [-0.1, -0.05) is 6.42 Å². The molecule has 0 aromatic heterocycles. The molecular formula is C11H21NO2. The van der Waals surface area contributed by atoms with Crippen LogP contribution in [-0.2, 0) is 4.79 Å². The predicted octanol–water partition coefficient (Wildman–Crippen LogP) is 2.11. The summed E-state index contributed by atoms with van der Waals surface area (Å²) in [6.07, 6.45) is 4.92. The summed E-state index contributed by atoms with van der Waals surface area (Å²) in [6, 6.07) is 1.05. The van der Waals surface area contributed by atoms with Gasteiger partial charge in [-0.05, 0) is 39.7 Å². The molecule has 0 aliphatic carbocycles. The van der Waals surface area contributed by atoms with Gasteiger partial charge in [0.25, 0.3) is 0 Å². The molecule has 1 N–H and O–H groups in total. The monoisotopic (exact) mass is 199 g/mol. The Balaban J connectivity index is 2.34. The second-order valence-electron chi connectivity index (χ2n) is 4.36. The highest BCUT2D eigenvalue weighted by atomic mass is 16.4. The average molecular weight is 199 g/mol. The van der Waals surface area contributed by atoms with Crippen LogP contribution in [0.15, 0.2) is 0 Å². The van der Waals surface area contributed by atoms with Crippen molar-refractivity contribution in [2.75, 3.05) is 6.54 Å². The third-order valence-electron chi connectivity index (χ3n) is 3.20. The molecule has 1 heterocycles. The van der Waals surface area contributed by atoms with Crippen molar-refractivity contribution >= 4 is 5.97 Å². The van der Waals surface area contributed by atoms with Crippen molar-refractivity contribution in [3.63, 3.8) is 0 Å². The van der Waals surface area contributed by atoms with Crippen LogP contribution in [0.5, 0.6) is 0 Å². The summed E-state index contributed by atoms with van der Waals surface area (Å²) in [7, 11) is 0. The second kappa shape index (κ2) is 5.35. The third-order valence-corrected chi connectivity index (χ3v) is 3.20. The Morgan fingerprint density at radius 1 is 1.57 bits per heavy atom. The Morgan fingerprint density at radius 3 is 2.86 bits per heavy atom. The van der Waals surface area contributed by atoms with E-state index in [0.717, 1.165) is 13.0 Å². The van der Waals surface area contributed by atoms with E-state index in [9.17, 15) is 4.79 Å². The predicted molar refractivity (Wildman–Crippen MR) is 56.4 cm³/mol. The topological polar surface area (TPSA) is 40.5 Å². The van der Waals surface area contributed by atoms with E-state index < -0.39 is 5.97 Å². The maximum Gasteiger partial charge on any atom is 0.303 e. The third kappa shape index (κ3) is 3.29. The number of carboxylic acids is 1. The van der Waals surface area contributed by atoms with Crippen LogP contribution in [0.3, 0.4) is 0 Å². The zero-order valence-electron chi connectivity index (χ0n) is 9.20. The zero-order valence-corrected chi connectivity index (χ0v) is 9.20. The SMILES string of the molecule is CC1CCCCN1C(C)CCC(=O)O. The highest BCUT2D eigenvalue weighted by molar-refractivity contribution is 5.66. The van der Waals surface area contributed by atoms with E-state index in [1.165, 1.54) is 19.3 Å². The number of carbonyl (C=O) groups is 1. The Morgan fingerprint density at radius 2 is 2.29 bits per heavy atom. The fourth-order valence-corrected chi connectivity index (χ4v) is 2.27. The summed E-state index contributed by atoms with van der Waals surface area (Å²) in [5.41, 5.74) is 0. The Bertz CT molecular complexity index is 194. The molecule has 1 aliphatic rings. The van der Waals surface area contributed by atoms with Crippen LogP contribution in [-0.4, -0.2) is 34.6 Å². The molecule has 1 aliphatic heterocycles. The number of hydrogen-bond donors (Lipinski definition) is 1. The molecule has 0 bridgehead atoms. The minimum absolute atomic E-state index is 0.296. The molecule has 2 unspecified atom stereocenters. The molecule has 14 heavy (non-hydrogen) atoms. The quantitative estimate of drug-likeness (QED) is 0.754. The van der Waals surface area contributed by atoms with Crippen molar-refractivity contribution < 1.29 is 9.90 Å². The van der Waals surface area contributed by atoms with Gasteiger partial charge in [0.15, 0.2) is 0 Å². The van der Waals surface area contributed by atoms with Crippen molar-refractivity contribution in [3.05, 3.63) is 0 Å². The van der Waals surface area contributed by atoms with Crippen molar-refractivity contribution in [2.24, 2.45) is 0 Å². The number of rotatable bonds is 4. The second-order valence-corrected chi connectivity index (χ2v) is 4.36. The Hall–Kier alpha value is -0.570. The van der Waals surface area contributed by atoms with Crippen LogP contribution in [0, 0.1) is 0 Å². The molecule has 82 valence electrons. The first-order valence-corrected chi connectivity index (χ1v) is 5.59. The molecule has 1 saturated heterocycles. The van der Waals surface area contributed by atoms with Gasteiger partial charge in [0, 0.05) is 18.5 Å². The lowest BCUT2D eigenvalue weighted by Gasteiger charge is -2.38. The molecule has 0 aromatic rings. The van der Waals surface area contributed by atoms with Gasteiger partial charge >= 0.3 is 5.97 Å². The lowest BCUT2D eigenvalue weighted by Crippen LogP contribution is -2.43. The van der Waals surface area contributed by atoms with Crippen molar-refractivity contribution in [1.29, 1.82) is 0 Å². The molecular weight excluding hydrogens is 178 g/mol. The van der Waals surface area contributed by atoms with Gasteiger partial charge in [-0.3, -0.25) is 9.69 Å². The van der Waals surface area contributed by atoms with Crippen LogP contribution in [0.2, 0.25) is 0 Å². The fourth-order valence-electron chi connectivity index (χ4n) is 2.27. The standard InChI is InChI=1S/C11H21NO2/c1-9-5-3-4-8-12(9)10(2)6-7-11(13)14/h9-10H,3-8H2,1-2H3,(H,13,14). The highest BCUT2D eigenvalue weighted by Crippen LogP contribution is 2.20. The number of aliphatic carboxylic acids is 1. The van der Waals surface area contributed by atoms with Crippen LogP contribution < -0.4 is 0 Å². The Kier molecular flexibility index (Phi) is 4.39. The van der Waals surface area contributed by atoms with E-state index in [4.69, 9.17) is 5.11 Å². The first kappa shape index (κ1) is 11.5. The fraction of sp³-hybridized carbons (Fsp3) is 0.909. The van der Waals surface area contributed by atoms with E-state index in [0.29, 0.717) is 18.5 Å². The number of piperidine rings is 1. The maximum absolute atomic E-state index is 10.4. The summed E-state index contributed by atoms with van der Waals surface area (Å²) in [5.74, 6) is -0.679. The van der Waals surface area contributed by atoms with E-state index in [1.807, 2.05) is 0 Å². The molecule has 2 atom stereocenters. The van der Waals surface area contributed by atoms with Gasteiger partial charge in [-0.25, -0.2) is 0 Å². The minimum atomic E-state index is -0.679. The first-order chi connectivity index (χ1) is 6.61. The van der Waals surface area contributed by atoms with Gasteiger partial charge in [-0.15, -0.1) is 0 Å². The van der Waals surface area contributed by atoms with Crippen LogP contribution in [0.4, 0.5) is 0 Å². The van der Waals surface area contributed by atoms with Gasteiger partial charge in [0.1, 0.15) is 0 Å². The summed E-state index contributed by atoms with van der Waals surface area (Å²) in [5, 5.41) is 8.61. The minimum Gasteiger partial charge on any atom is -0.481 e. The maximum atomic E-state index is 10.4. The van der Waals surface area contributed by atoms with Crippen LogP contribution in [0.25, 0.3) is 0 Å². The average Bonchev–Trinajstić information content (AvgIpc) is 2.15. The molecule has 3 heteroatoms. The van der Waals surface area contributed by atoms with E-state index in [1.54, 1.807) is 0 Å². The van der Waals surface area contributed by atoms with Gasteiger partial charge in [0.05, 0.1) is 0 Å². The number of carboxylic acid groups (broad SMARTS) is 1. The van der Waals surface area contributed by atoms with Crippen molar-refractivity contribution in [2.45, 2.75) is 58.0 Å². The molecule has 3 nitrogen and oxygen atoms in total. The van der Waals surface area contributed by atoms with E-state index >= 15 is 0 Å². The highest BCUT2D eigenvalue weighted by Gasteiger charge is 2.22. The lowest BCUT2D eigenvalue weighted by atomic mass is 10.00. The normalized spacial score (nSPS) is 26.0. The van der Waals surface area contributed by atoms with Gasteiger partial charge in [0.2, 0.25) is 0 Å².